The number of fused-ring (bicyclic) bond motifs is 2. The van der Waals surface area contributed by atoms with Crippen molar-refractivity contribution in [1.82, 2.24) is 9.88 Å². The fourth-order valence-corrected chi connectivity index (χ4v) is 4.97. The Kier molecular flexibility index (Phi) is 5.96. The zero-order valence-electron chi connectivity index (χ0n) is 19.4. The first kappa shape index (κ1) is 21.7. The standard InChI is InChI=1S/C29H29FN2O/c1-19-24-6-4-5-7-26(24)27(17-31-19)21-11-14-25-22(16-21)18-33-29(25)28(32(2)3)15-10-20-8-12-23(30)13-9-20/h4-9,11-14,16-17,28-29H,10,15,18H2,1-3H3. The molecule has 3 aromatic carbocycles. The Labute approximate surface area is 194 Å². The van der Waals surface area contributed by atoms with Gasteiger partial charge < -0.3 is 9.64 Å². The molecular weight excluding hydrogens is 411 g/mol. The molecule has 0 spiro atoms. The smallest absolute Gasteiger partial charge is 0.123 e. The number of benzene rings is 3. The summed E-state index contributed by atoms with van der Waals surface area (Å²) in [5, 5.41) is 2.42. The van der Waals surface area contributed by atoms with Crippen LogP contribution in [0.2, 0.25) is 0 Å². The third-order valence-corrected chi connectivity index (χ3v) is 6.83. The molecule has 0 amide bonds. The summed E-state index contributed by atoms with van der Waals surface area (Å²) in [5.74, 6) is -0.191. The van der Waals surface area contributed by atoms with Crippen molar-refractivity contribution in [2.24, 2.45) is 0 Å². The van der Waals surface area contributed by atoms with E-state index in [1.54, 1.807) is 0 Å². The normalized spacial score (nSPS) is 16.3. The van der Waals surface area contributed by atoms with Crippen molar-refractivity contribution in [2.45, 2.75) is 38.5 Å². The zero-order chi connectivity index (χ0) is 22.9. The van der Waals surface area contributed by atoms with Gasteiger partial charge in [0.15, 0.2) is 0 Å². The Balaban J connectivity index is 1.42. The molecule has 2 heterocycles. The highest BCUT2D eigenvalue weighted by Gasteiger charge is 2.32. The van der Waals surface area contributed by atoms with E-state index in [-0.39, 0.29) is 18.0 Å². The Morgan fingerprint density at radius 1 is 1.03 bits per heavy atom. The highest BCUT2D eigenvalue weighted by Crippen LogP contribution is 2.39. The van der Waals surface area contributed by atoms with Gasteiger partial charge >= 0.3 is 0 Å². The summed E-state index contributed by atoms with van der Waals surface area (Å²) in [6.07, 6.45) is 3.84. The Morgan fingerprint density at radius 2 is 1.79 bits per heavy atom. The van der Waals surface area contributed by atoms with Gasteiger partial charge in [-0.15, -0.1) is 0 Å². The summed E-state index contributed by atoms with van der Waals surface area (Å²) in [6.45, 7) is 2.67. The first-order chi connectivity index (χ1) is 16.0. The molecule has 1 aromatic heterocycles. The van der Waals surface area contributed by atoms with Gasteiger partial charge in [0, 0.05) is 28.9 Å². The molecule has 0 fully saturated rings. The monoisotopic (exact) mass is 440 g/mol. The number of aryl methyl sites for hydroxylation is 2. The third kappa shape index (κ3) is 4.29. The summed E-state index contributed by atoms with van der Waals surface area (Å²) >= 11 is 0. The van der Waals surface area contributed by atoms with Gasteiger partial charge in [-0.2, -0.15) is 0 Å². The molecule has 168 valence electrons. The van der Waals surface area contributed by atoms with Crippen LogP contribution >= 0.6 is 0 Å². The molecule has 2 atom stereocenters. The van der Waals surface area contributed by atoms with E-state index < -0.39 is 0 Å². The number of hydrogen-bond acceptors (Lipinski definition) is 3. The highest BCUT2D eigenvalue weighted by atomic mass is 19.1. The van der Waals surface area contributed by atoms with Crippen LogP contribution in [0.3, 0.4) is 0 Å². The van der Waals surface area contributed by atoms with E-state index >= 15 is 0 Å². The predicted octanol–water partition coefficient (Wildman–Crippen LogP) is 6.48. The highest BCUT2D eigenvalue weighted by molar-refractivity contribution is 5.97. The quantitative estimate of drug-likeness (QED) is 0.343. The number of ether oxygens (including phenoxy) is 1. The van der Waals surface area contributed by atoms with Crippen molar-refractivity contribution < 1.29 is 9.13 Å². The number of hydrogen-bond donors (Lipinski definition) is 0. The van der Waals surface area contributed by atoms with E-state index in [0.717, 1.165) is 29.7 Å². The second-order valence-corrected chi connectivity index (χ2v) is 9.14. The van der Waals surface area contributed by atoms with Crippen molar-refractivity contribution in [1.29, 1.82) is 0 Å². The van der Waals surface area contributed by atoms with Crippen molar-refractivity contribution in [3.05, 3.63) is 101 Å². The molecule has 5 rings (SSSR count). The first-order valence-corrected chi connectivity index (χ1v) is 11.5. The molecule has 0 saturated heterocycles. The lowest BCUT2D eigenvalue weighted by molar-refractivity contribution is 0.00519. The van der Waals surface area contributed by atoms with Crippen LogP contribution in [0, 0.1) is 12.7 Å². The molecular formula is C29H29FN2O. The second kappa shape index (κ2) is 9.05. The van der Waals surface area contributed by atoms with Gasteiger partial charge in [0.25, 0.3) is 0 Å². The van der Waals surface area contributed by atoms with Crippen molar-refractivity contribution >= 4 is 10.8 Å². The fraction of sp³-hybridized carbons (Fsp3) is 0.276. The third-order valence-electron chi connectivity index (χ3n) is 6.83. The van der Waals surface area contributed by atoms with Gasteiger partial charge in [-0.1, -0.05) is 48.5 Å². The largest absolute Gasteiger partial charge is 0.367 e. The van der Waals surface area contributed by atoms with Crippen molar-refractivity contribution in [3.63, 3.8) is 0 Å². The molecule has 1 aliphatic heterocycles. The van der Waals surface area contributed by atoms with Crippen LogP contribution in [-0.2, 0) is 17.8 Å². The van der Waals surface area contributed by atoms with Crippen molar-refractivity contribution in [2.75, 3.05) is 14.1 Å². The number of rotatable bonds is 6. The molecule has 4 aromatic rings. The summed E-state index contributed by atoms with van der Waals surface area (Å²) in [5.41, 5.74) is 7.04. The number of aromatic nitrogens is 1. The topological polar surface area (TPSA) is 25.4 Å². The molecule has 3 nitrogen and oxygen atoms in total. The average Bonchev–Trinajstić information content (AvgIpc) is 3.24. The summed E-state index contributed by atoms with van der Waals surface area (Å²) < 4.78 is 19.6. The predicted molar refractivity (Wildman–Crippen MR) is 132 cm³/mol. The van der Waals surface area contributed by atoms with E-state index in [1.807, 2.05) is 18.3 Å². The molecule has 33 heavy (non-hydrogen) atoms. The van der Waals surface area contributed by atoms with Crippen LogP contribution in [0.15, 0.2) is 72.9 Å². The van der Waals surface area contributed by atoms with E-state index in [1.165, 1.54) is 39.6 Å². The molecule has 1 aliphatic rings. The van der Waals surface area contributed by atoms with E-state index in [4.69, 9.17) is 4.74 Å². The van der Waals surface area contributed by atoms with Gasteiger partial charge in [-0.05, 0) is 79.7 Å². The summed E-state index contributed by atoms with van der Waals surface area (Å²) in [4.78, 5) is 6.89. The summed E-state index contributed by atoms with van der Waals surface area (Å²) in [7, 11) is 4.21. The van der Waals surface area contributed by atoms with Gasteiger partial charge in [0.05, 0.1) is 12.7 Å². The minimum Gasteiger partial charge on any atom is -0.367 e. The molecule has 0 radical (unpaired) electrons. The molecule has 0 N–H and O–H groups in total. The SMILES string of the molecule is Cc1ncc(-c2ccc3c(c2)COC3C(CCc2ccc(F)cc2)N(C)C)c2ccccc12. The van der Waals surface area contributed by atoms with Gasteiger partial charge in [0.1, 0.15) is 5.82 Å². The maximum Gasteiger partial charge on any atom is 0.123 e. The minimum atomic E-state index is -0.191. The van der Waals surface area contributed by atoms with Gasteiger partial charge in [0.2, 0.25) is 0 Å². The number of likely N-dealkylation sites (N-methyl/N-ethyl adjacent to an activating group) is 1. The van der Waals surface area contributed by atoms with Crippen LogP contribution < -0.4 is 0 Å². The van der Waals surface area contributed by atoms with Crippen LogP contribution in [-0.4, -0.2) is 30.0 Å². The fourth-order valence-electron chi connectivity index (χ4n) is 4.97. The number of halogens is 1. The molecule has 0 aliphatic carbocycles. The maximum absolute atomic E-state index is 13.3. The molecule has 2 unspecified atom stereocenters. The Hall–Kier alpha value is -3.08. The summed E-state index contributed by atoms with van der Waals surface area (Å²) in [6, 6.07) is 22.2. The lowest BCUT2D eigenvalue weighted by atomic mass is 9.91. The van der Waals surface area contributed by atoms with Gasteiger partial charge in [-0.3, -0.25) is 4.98 Å². The first-order valence-electron chi connectivity index (χ1n) is 11.5. The van der Waals surface area contributed by atoms with E-state index in [0.29, 0.717) is 6.61 Å². The molecule has 4 heteroatoms. The van der Waals surface area contributed by atoms with Crippen LogP contribution in [0.5, 0.6) is 0 Å². The lowest BCUT2D eigenvalue weighted by Gasteiger charge is -2.30. The number of pyridine rings is 1. The minimum absolute atomic E-state index is 0.0254. The van der Waals surface area contributed by atoms with Crippen LogP contribution in [0.4, 0.5) is 4.39 Å². The van der Waals surface area contributed by atoms with Crippen LogP contribution in [0.1, 0.15) is 34.9 Å². The van der Waals surface area contributed by atoms with E-state index in [9.17, 15) is 4.39 Å². The van der Waals surface area contributed by atoms with Gasteiger partial charge in [-0.25, -0.2) is 4.39 Å². The number of nitrogens with zero attached hydrogens (tertiary/aromatic N) is 2. The van der Waals surface area contributed by atoms with E-state index in [2.05, 4.69) is 73.4 Å². The zero-order valence-corrected chi connectivity index (χ0v) is 19.4. The van der Waals surface area contributed by atoms with Crippen LogP contribution in [0.25, 0.3) is 21.9 Å². The average molecular weight is 441 g/mol. The molecule has 0 saturated carbocycles. The Bertz CT molecular complexity index is 1280. The maximum atomic E-state index is 13.3. The molecule has 0 bridgehead atoms. The Morgan fingerprint density at radius 3 is 2.55 bits per heavy atom. The second-order valence-electron chi connectivity index (χ2n) is 9.14. The lowest BCUT2D eigenvalue weighted by Crippen LogP contribution is -2.34. The van der Waals surface area contributed by atoms with Crippen molar-refractivity contribution in [3.8, 4) is 11.1 Å².